The maximum Gasteiger partial charge on any atom is 0.157 e. The summed E-state index contributed by atoms with van der Waals surface area (Å²) in [6.07, 6.45) is 1.80. The van der Waals surface area contributed by atoms with E-state index in [4.69, 9.17) is 17.3 Å². The lowest BCUT2D eigenvalue weighted by Gasteiger charge is -2.18. The Morgan fingerprint density at radius 1 is 1.21 bits per heavy atom. The number of nitrogens with one attached hydrogen (secondary N) is 1. The van der Waals surface area contributed by atoms with Gasteiger partial charge >= 0.3 is 0 Å². The molecule has 1 rings (SSSR count). The molecule has 0 saturated heterocycles. The highest BCUT2D eigenvalue weighted by molar-refractivity contribution is 6.32. The first-order chi connectivity index (χ1) is 9.12. The van der Waals surface area contributed by atoms with E-state index in [0.29, 0.717) is 16.7 Å². The molecule has 0 saturated carbocycles. The minimum Gasteiger partial charge on any atom is -0.393 e. The molecule has 1 aromatic rings. The Balaban J connectivity index is 2.66. The Bertz CT molecular complexity index is 393. The van der Waals surface area contributed by atoms with Crippen molar-refractivity contribution in [1.82, 2.24) is 14.9 Å². The molecule has 0 aliphatic rings. The number of anilines is 2. The summed E-state index contributed by atoms with van der Waals surface area (Å²) >= 11 is 6.02. The molecular formula is C13H24ClN5. The quantitative estimate of drug-likeness (QED) is 0.718. The molecule has 5 nitrogen and oxygen atoms in total. The molecule has 0 aromatic carbocycles. The van der Waals surface area contributed by atoms with Gasteiger partial charge in [-0.3, -0.25) is 0 Å². The molecule has 0 aliphatic carbocycles. The number of nitrogens with two attached hydrogens (primary N) is 1. The number of nitrogen functional groups attached to an aromatic ring is 1. The molecule has 3 N–H and O–H groups in total. The maximum absolute atomic E-state index is 6.02. The first-order valence-electron chi connectivity index (χ1n) is 6.90. The minimum atomic E-state index is 0.337. The summed E-state index contributed by atoms with van der Waals surface area (Å²) in [6.45, 7) is 10.2. The Hall–Kier alpha value is -1.07. The molecule has 0 fully saturated rings. The Morgan fingerprint density at radius 2 is 1.89 bits per heavy atom. The van der Waals surface area contributed by atoms with Crippen LogP contribution in [0.4, 0.5) is 11.5 Å². The topological polar surface area (TPSA) is 67.1 Å². The van der Waals surface area contributed by atoms with Gasteiger partial charge in [0.15, 0.2) is 11.0 Å². The lowest BCUT2D eigenvalue weighted by atomic mass is 10.3. The fraction of sp³-hybridized carbons (Fsp3) is 0.692. The second kappa shape index (κ2) is 8.17. The third kappa shape index (κ3) is 4.84. The fourth-order valence-electron chi connectivity index (χ4n) is 1.83. The molecular weight excluding hydrogens is 262 g/mol. The molecule has 0 amide bonds. The highest BCUT2D eigenvalue weighted by Crippen LogP contribution is 2.23. The molecule has 1 aromatic heterocycles. The van der Waals surface area contributed by atoms with Crippen molar-refractivity contribution in [3.05, 3.63) is 11.0 Å². The summed E-state index contributed by atoms with van der Waals surface area (Å²) in [5, 5.41) is 3.59. The SMILES string of the molecule is CCCc1nc(Cl)c(N)c(NCCN(CC)CC)n1. The molecule has 0 bridgehead atoms. The summed E-state index contributed by atoms with van der Waals surface area (Å²) in [5.74, 6) is 1.39. The van der Waals surface area contributed by atoms with Gasteiger partial charge in [-0.05, 0) is 19.5 Å². The Kier molecular flexibility index (Phi) is 6.87. The number of nitrogens with zero attached hydrogens (tertiary/aromatic N) is 3. The van der Waals surface area contributed by atoms with E-state index in [1.807, 2.05) is 0 Å². The minimum absolute atomic E-state index is 0.337. The van der Waals surface area contributed by atoms with Crippen LogP contribution in [0, 0.1) is 0 Å². The fourth-order valence-corrected chi connectivity index (χ4v) is 2.01. The lowest BCUT2D eigenvalue weighted by molar-refractivity contribution is 0.316. The zero-order chi connectivity index (χ0) is 14.3. The number of likely N-dealkylation sites (N-methyl/N-ethyl adjacent to an activating group) is 1. The van der Waals surface area contributed by atoms with E-state index in [-0.39, 0.29) is 0 Å². The van der Waals surface area contributed by atoms with E-state index < -0.39 is 0 Å². The first-order valence-corrected chi connectivity index (χ1v) is 7.28. The number of hydrogen-bond acceptors (Lipinski definition) is 5. The van der Waals surface area contributed by atoms with Crippen LogP contribution in [0.2, 0.25) is 5.15 Å². The zero-order valence-corrected chi connectivity index (χ0v) is 12.8. The molecule has 0 atom stereocenters. The van der Waals surface area contributed by atoms with Gasteiger partial charge in [-0.2, -0.15) is 0 Å². The Morgan fingerprint density at radius 3 is 2.47 bits per heavy atom. The summed E-state index contributed by atoms with van der Waals surface area (Å²) in [4.78, 5) is 10.9. The second-order valence-corrected chi connectivity index (χ2v) is 4.75. The predicted octanol–water partition coefficient (Wildman–Crippen LogP) is 2.42. The normalized spacial score (nSPS) is 11.0. The molecule has 0 spiro atoms. The van der Waals surface area contributed by atoms with Crippen molar-refractivity contribution < 1.29 is 0 Å². The van der Waals surface area contributed by atoms with Crippen molar-refractivity contribution in [2.75, 3.05) is 37.2 Å². The van der Waals surface area contributed by atoms with E-state index in [1.165, 1.54) is 0 Å². The third-order valence-corrected chi connectivity index (χ3v) is 3.32. The standard InChI is InChI=1S/C13H24ClN5/c1-4-7-10-17-12(14)11(15)13(18-10)16-8-9-19(5-2)6-3/h4-9,15H2,1-3H3,(H,16,17,18). The first kappa shape index (κ1) is 16.0. The van der Waals surface area contributed by atoms with Gasteiger partial charge in [0.1, 0.15) is 11.5 Å². The van der Waals surface area contributed by atoms with Crippen LogP contribution in [0.15, 0.2) is 0 Å². The summed E-state index contributed by atoms with van der Waals surface area (Å²) in [7, 11) is 0. The molecule has 0 aliphatic heterocycles. The summed E-state index contributed by atoms with van der Waals surface area (Å²) in [5.41, 5.74) is 6.33. The van der Waals surface area contributed by atoms with Crippen molar-refractivity contribution in [2.45, 2.75) is 33.6 Å². The van der Waals surface area contributed by atoms with Crippen LogP contribution < -0.4 is 11.1 Å². The number of aryl methyl sites for hydroxylation is 1. The van der Waals surface area contributed by atoms with Gasteiger partial charge < -0.3 is 16.0 Å². The van der Waals surface area contributed by atoms with Crippen LogP contribution in [0.5, 0.6) is 0 Å². The molecule has 0 unspecified atom stereocenters. The van der Waals surface area contributed by atoms with E-state index >= 15 is 0 Å². The zero-order valence-electron chi connectivity index (χ0n) is 12.0. The van der Waals surface area contributed by atoms with Crippen LogP contribution in [0.1, 0.15) is 33.0 Å². The van der Waals surface area contributed by atoms with Gasteiger partial charge in [-0.25, -0.2) is 9.97 Å². The van der Waals surface area contributed by atoms with Crippen molar-refractivity contribution in [1.29, 1.82) is 0 Å². The van der Waals surface area contributed by atoms with E-state index in [9.17, 15) is 0 Å². The van der Waals surface area contributed by atoms with Gasteiger partial charge in [0, 0.05) is 19.5 Å². The van der Waals surface area contributed by atoms with Crippen LogP contribution >= 0.6 is 11.6 Å². The van der Waals surface area contributed by atoms with Crippen molar-refractivity contribution in [3.63, 3.8) is 0 Å². The second-order valence-electron chi connectivity index (χ2n) is 4.40. The average Bonchev–Trinajstić information content (AvgIpc) is 2.40. The van der Waals surface area contributed by atoms with Gasteiger partial charge in [0.05, 0.1) is 0 Å². The lowest BCUT2D eigenvalue weighted by Crippen LogP contribution is -2.29. The molecule has 1 heterocycles. The monoisotopic (exact) mass is 285 g/mol. The number of rotatable bonds is 8. The number of hydrogen-bond donors (Lipinski definition) is 2. The molecule has 108 valence electrons. The smallest absolute Gasteiger partial charge is 0.157 e. The molecule has 19 heavy (non-hydrogen) atoms. The number of halogens is 1. The van der Waals surface area contributed by atoms with E-state index in [1.54, 1.807) is 0 Å². The van der Waals surface area contributed by atoms with Gasteiger partial charge in [-0.1, -0.05) is 32.4 Å². The van der Waals surface area contributed by atoms with Gasteiger partial charge in [0.25, 0.3) is 0 Å². The van der Waals surface area contributed by atoms with Crippen molar-refractivity contribution in [3.8, 4) is 0 Å². The molecule has 6 heteroatoms. The molecule has 0 radical (unpaired) electrons. The van der Waals surface area contributed by atoms with E-state index in [2.05, 4.69) is 41.0 Å². The van der Waals surface area contributed by atoms with Crippen LogP contribution in [-0.2, 0) is 6.42 Å². The predicted molar refractivity (Wildman–Crippen MR) is 81.7 cm³/mol. The van der Waals surface area contributed by atoms with Gasteiger partial charge in [-0.15, -0.1) is 0 Å². The van der Waals surface area contributed by atoms with Crippen LogP contribution in [0.3, 0.4) is 0 Å². The van der Waals surface area contributed by atoms with Crippen LogP contribution in [0.25, 0.3) is 0 Å². The summed E-state index contributed by atoms with van der Waals surface area (Å²) < 4.78 is 0. The highest BCUT2D eigenvalue weighted by Gasteiger charge is 2.09. The van der Waals surface area contributed by atoms with Crippen LogP contribution in [-0.4, -0.2) is 41.0 Å². The van der Waals surface area contributed by atoms with Crippen molar-refractivity contribution in [2.24, 2.45) is 0 Å². The highest BCUT2D eigenvalue weighted by atomic mass is 35.5. The number of aromatic nitrogens is 2. The van der Waals surface area contributed by atoms with Crippen molar-refractivity contribution >= 4 is 23.1 Å². The Labute approximate surface area is 120 Å². The largest absolute Gasteiger partial charge is 0.393 e. The maximum atomic E-state index is 6.02. The summed E-state index contributed by atoms with van der Waals surface area (Å²) in [6, 6.07) is 0. The third-order valence-electron chi connectivity index (χ3n) is 3.03. The average molecular weight is 286 g/mol. The van der Waals surface area contributed by atoms with E-state index in [0.717, 1.165) is 44.8 Å². The van der Waals surface area contributed by atoms with Gasteiger partial charge in [0.2, 0.25) is 0 Å².